The van der Waals surface area contributed by atoms with Crippen LogP contribution in [0.3, 0.4) is 0 Å². The summed E-state index contributed by atoms with van der Waals surface area (Å²) >= 11 is 1.34. The molecule has 0 bridgehead atoms. The van der Waals surface area contributed by atoms with E-state index in [1.165, 1.54) is 28.7 Å². The van der Waals surface area contributed by atoms with Gasteiger partial charge in [0, 0.05) is 31.1 Å². The third-order valence-electron chi connectivity index (χ3n) is 5.76. The molecule has 2 atom stereocenters. The van der Waals surface area contributed by atoms with Gasteiger partial charge in [0.1, 0.15) is 6.04 Å². The molecule has 2 unspecified atom stereocenters. The van der Waals surface area contributed by atoms with Gasteiger partial charge in [-0.25, -0.2) is 4.98 Å². The van der Waals surface area contributed by atoms with E-state index in [4.69, 9.17) is 4.52 Å². The first kappa shape index (κ1) is 29.6. The van der Waals surface area contributed by atoms with Crippen LogP contribution in [-0.2, 0) is 26.6 Å². The lowest BCUT2D eigenvalue weighted by molar-refractivity contribution is -0.140. The number of thioether (sulfide) groups is 1. The molecule has 1 amide bonds. The summed E-state index contributed by atoms with van der Waals surface area (Å²) in [4.78, 5) is 58.7. The maximum atomic E-state index is 13.2. The average molecular weight is 557 g/mol. The number of aliphatic carboxylic acids is 1. The zero-order chi connectivity index (χ0) is 28.2. The average Bonchev–Trinajstić information content (AvgIpc) is 3.33. The molecule has 0 aliphatic carbocycles. The van der Waals surface area contributed by atoms with Crippen molar-refractivity contribution in [2.75, 3.05) is 17.6 Å². The molecule has 3 N–H and O–H groups in total. The fourth-order valence-corrected chi connectivity index (χ4v) is 4.75. The highest BCUT2D eigenvalue weighted by Gasteiger charge is 2.28. The van der Waals surface area contributed by atoms with Crippen LogP contribution in [0.4, 0.5) is 5.82 Å². The molecule has 3 rings (SSSR count). The third-order valence-corrected chi connectivity index (χ3v) is 6.79. The van der Waals surface area contributed by atoms with Crippen molar-refractivity contribution in [2.24, 2.45) is 0 Å². The van der Waals surface area contributed by atoms with E-state index in [2.05, 4.69) is 25.8 Å². The van der Waals surface area contributed by atoms with Gasteiger partial charge in [-0.2, -0.15) is 4.98 Å². The monoisotopic (exact) mass is 556 g/mol. The van der Waals surface area contributed by atoms with Crippen molar-refractivity contribution in [3.8, 4) is 0 Å². The SMILES string of the molecule is CCC(C(=O)NC(CC(=O)O)C(=O)CSCc1ccccc1)n1ccnc(NCCCc2nc(C)no2)c1=O. The number of hydrogen-bond donors (Lipinski definition) is 3. The minimum absolute atomic E-state index is 0.0380. The van der Waals surface area contributed by atoms with E-state index in [-0.39, 0.29) is 18.0 Å². The topological polar surface area (TPSA) is 169 Å². The second-order valence-corrected chi connectivity index (χ2v) is 9.77. The molecule has 0 fully saturated rings. The number of Topliss-reactive ketones (excluding diaryl/α,β-unsaturated/α-hetero) is 1. The summed E-state index contributed by atoms with van der Waals surface area (Å²) in [6, 6.07) is 7.39. The van der Waals surface area contributed by atoms with Crippen LogP contribution in [0, 0.1) is 6.92 Å². The van der Waals surface area contributed by atoms with Gasteiger partial charge in [-0.05, 0) is 25.3 Å². The molecule has 3 aromatic rings. The minimum atomic E-state index is -1.21. The van der Waals surface area contributed by atoms with Crippen molar-refractivity contribution in [1.82, 2.24) is 25.0 Å². The summed E-state index contributed by atoms with van der Waals surface area (Å²) in [6.45, 7) is 3.86. The predicted octanol–water partition coefficient (Wildman–Crippen LogP) is 2.39. The standard InChI is InChI=1S/C26H32N6O6S/c1-3-20(32-13-12-28-24(26(32)37)27-11-7-10-22-29-17(2)31-38-22)25(36)30-19(14-23(34)35)21(33)16-39-15-18-8-5-4-6-9-18/h4-6,8-9,12-13,19-20H,3,7,10-11,14-16H2,1-2H3,(H,27,28)(H,30,36)(H,34,35). The van der Waals surface area contributed by atoms with Crippen molar-refractivity contribution in [1.29, 1.82) is 0 Å². The number of nitrogens with zero attached hydrogens (tertiary/aromatic N) is 4. The summed E-state index contributed by atoms with van der Waals surface area (Å²) in [7, 11) is 0. The van der Waals surface area contributed by atoms with Gasteiger partial charge in [0.05, 0.1) is 18.2 Å². The Labute approximate surface area is 229 Å². The van der Waals surface area contributed by atoms with Gasteiger partial charge in [0.15, 0.2) is 17.4 Å². The fraction of sp³-hybridized carbons (Fsp3) is 0.423. The number of ketones is 1. The summed E-state index contributed by atoms with van der Waals surface area (Å²) in [5.41, 5.74) is 0.527. The number of carbonyl (C=O) groups excluding carboxylic acids is 2. The van der Waals surface area contributed by atoms with Crippen LogP contribution in [0.2, 0.25) is 0 Å². The minimum Gasteiger partial charge on any atom is -0.481 e. The second-order valence-electron chi connectivity index (χ2n) is 8.78. The van der Waals surface area contributed by atoms with Gasteiger partial charge in [-0.1, -0.05) is 42.4 Å². The second kappa shape index (κ2) is 14.8. The van der Waals surface area contributed by atoms with Gasteiger partial charge >= 0.3 is 5.97 Å². The molecule has 12 nitrogen and oxygen atoms in total. The molecule has 2 heterocycles. The summed E-state index contributed by atoms with van der Waals surface area (Å²) < 4.78 is 6.30. The Hall–Kier alpha value is -4.00. The highest BCUT2D eigenvalue weighted by Crippen LogP contribution is 2.15. The van der Waals surface area contributed by atoms with Gasteiger partial charge in [-0.3, -0.25) is 23.7 Å². The Morgan fingerprint density at radius 1 is 1.21 bits per heavy atom. The van der Waals surface area contributed by atoms with Gasteiger partial charge in [-0.15, -0.1) is 11.8 Å². The number of amides is 1. The molecule has 2 aromatic heterocycles. The van der Waals surface area contributed by atoms with Crippen molar-refractivity contribution in [3.63, 3.8) is 0 Å². The molecule has 0 saturated carbocycles. The van der Waals surface area contributed by atoms with Gasteiger partial charge in [0.2, 0.25) is 11.8 Å². The molecular weight excluding hydrogens is 524 g/mol. The van der Waals surface area contributed by atoms with Crippen LogP contribution in [0.5, 0.6) is 0 Å². The molecule has 13 heteroatoms. The maximum Gasteiger partial charge on any atom is 0.305 e. The summed E-state index contributed by atoms with van der Waals surface area (Å²) in [5, 5.41) is 18.6. The van der Waals surface area contributed by atoms with E-state index in [1.54, 1.807) is 13.8 Å². The molecule has 0 spiro atoms. The predicted molar refractivity (Wildman–Crippen MR) is 145 cm³/mol. The number of rotatable bonds is 16. The highest BCUT2D eigenvalue weighted by atomic mass is 32.2. The highest BCUT2D eigenvalue weighted by molar-refractivity contribution is 7.99. The van der Waals surface area contributed by atoms with Gasteiger partial charge in [0.25, 0.3) is 5.56 Å². The molecule has 1 aromatic carbocycles. The zero-order valence-electron chi connectivity index (χ0n) is 21.8. The van der Waals surface area contributed by atoms with Crippen LogP contribution in [-0.4, -0.2) is 60.8 Å². The Morgan fingerprint density at radius 2 is 1.97 bits per heavy atom. The van der Waals surface area contributed by atoms with Crippen molar-refractivity contribution in [2.45, 2.75) is 57.4 Å². The number of carboxylic acids is 1. The Morgan fingerprint density at radius 3 is 2.64 bits per heavy atom. The number of carboxylic acid groups (broad SMARTS) is 1. The Kier molecular flexibility index (Phi) is 11.2. The first-order valence-corrected chi connectivity index (χ1v) is 13.7. The summed E-state index contributed by atoms with van der Waals surface area (Å²) in [6.07, 6.45) is 3.62. The van der Waals surface area contributed by atoms with Crippen molar-refractivity contribution >= 4 is 35.2 Å². The van der Waals surface area contributed by atoms with Crippen LogP contribution in [0.15, 0.2) is 52.0 Å². The molecular formula is C26H32N6O6S. The van der Waals surface area contributed by atoms with Crippen molar-refractivity contribution in [3.05, 3.63) is 70.4 Å². The molecule has 0 aliphatic rings. The fourth-order valence-electron chi connectivity index (χ4n) is 3.82. The lowest BCUT2D eigenvalue weighted by Crippen LogP contribution is -2.47. The lowest BCUT2D eigenvalue weighted by Gasteiger charge is -2.22. The number of aromatic nitrogens is 4. The van der Waals surface area contributed by atoms with Gasteiger partial charge < -0.3 is 20.3 Å². The first-order valence-electron chi connectivity index (χ1n) is 12.5. The van der Waals surface area contributed by atoms with Crippen LogP contribution in [0.1, 0.15) is 49.5 Å². The molecule has 208 valence electrons. The van der Waals surface area contributed by atoms with Crippen LogP contribution in [0.25, 0.3) is 0 Å². The van der Waals surface area contributed by atoms with E-state index >= 15 is 0 Å². The number of carbonyl (C=O) groups is 3. The molecule has 0 saturated heterocycles. The number of anilines is 1. The van der Waals surface area contributed by atoms with E-state index in [0.717, 1.165) is 5.56 Å². The molecule has 0 radical (unpaired) electrons. The van der Waals surface area contributed by atoms with Crippen molar-refractivity contribution < 1.29 is 24.0 Å². The first-order chi connectivity index (χ1) is 18.8. The third kappa shape index (κ3) is 9.06. The number of benzene rings is 1. The Bertz CT molecular complexity index is 1310. The largest absolute Gasteiger partial charge is 0.481 e. The van der Waals surface area contributed by atoms with Crippen LogP contribution < -0.4 is 16.2 Å². The summed E-state index contributed by atoms with van der Waals surface area (Å²) in [5.74, 6) is -0.491. The van der Waals surface area contributed by atoms with E-state index in [1.807, 2.05) is 30.3 Å². The maximum absolute atomic E-state index is 13.2. The van der Waals surface area contributed by atoms with E-state index < -0.39 is 41.7 Å². The normalized spacial score (nSPS) is 12.5. The smallest absolute Gasteiger partial charge is 0.305 e. The number of aryl methyl sites for hydroxylation is 2. The zero-order valence-corrected chi connectivity index (χ0v) is 22.6. The molecule has 39 heavy (non-hydrogen) atoms. The number of hydrogen-bond acceptors (Lipinski definition) is 10. The lowest BCUT2D eigenvalue weighted by atomic mass is 10.1. The Balaban J connectivity index is 1.61. The number of nitrogens with one attached hydrogen (secondary N) is 2. The van der Waals surface area contributed by atoms with E-state index in [0.29, 0.717) is 36.9 Å². The molecule has 0 aliphatic heterocycles. The van der Waals surface area contributed by atoms with Crippen LogP contribution >= 0.6 is 11.8 Å². The van der Waals surface area contributed by atoms with E-state index in [9.17, 15) is 24.3 Å². The quantitative estimate of drug-likeness (QED) is 0.221.